The zero-order valence-corrected chi connectivity index (χ0v) is 11.7. The van der Waals surface area contributed by atoms with E-state index in [-0.39, 0.29) is 0 Å². The second-order valence-corrected chi connectivity index (χ2v) is 4.31. The van der Waals surface area contributed by atoms with Gasteiger partial charge < -0.3 is 10.1 Å². The van der Waals surface area contributed by atoms with Gasteiger partial charge in [-0.05, 0) is 12.1 Å². The SMILES string of the molecule is CNc1n[nH]nc1-c1cccc(-c2ccc(OC)nn2)c1. The number of methoxy groups -OCH3 is 1. The Labute approximate surface area is 121 Å². The Morgan fingerprint density at radius 1 is 1.05 bits per heavy atom. The van der Waals surface area contributed by atoms with Gasteiger partial charge in [0.1, 0.15) is 5.69 Å². The van der Waals surface area contributed by atoms with Gasteiger partial charge in [0, 0.05) is 24.2 Å². The molecule has 0 spiro atoms. The van der Waals surface area contributed by atoms with Crippen LogP contribution in [-0.4, -0.2) is 39.8 Å². The lowest BCUT2D eigenvalue weighted by molar-refractivity contribution is 0.392. The molecule has 1 aromatic carbocycles. The fourth-order valence-corrected chi connectivity index (χ4v) is 2.02. The van der Waals surface area contributed by atoms with Gasteiger partial charge in [0.15, 0.2) is 5.82 Å². The second-order valence-electron chi connectivity index (χ2n) is 4.31. The number of aromatic amines is 1. The summed E-state index contributed by atoms with van der Waals surface area (Å²) in [5.74, 6) is 1.19. The minimum atomic E-state index is 0.490. The fraction of sp³-hybridized carbons (Fsp3) is 0.143. The monoisotopic (exact) mass is 282 g/mol. The molecule has 0 radical (unpaired) electrons. The molecule has 0 aliphatic rings. The van der Waals surface area contributed by atoms with Crippen molar-refractivity contribution in [2.75, 3.05) is 19.5 Å². The lowest BCUT2D eigenvalue weighted by atomic mass is 10.1. The Morgan fingerprint density at radius 2 is 1.90 bits per heavy atom. The van der Waals surface area contributed by atoms with Crippen molar-refractivity contribution in [3.05, 3.63) is 36.4 Å². The second kappa shape index (κ2) is 5.58. The maximum atomic E-state index is 5.01. The largest absolute Gasteiger partial charge is 0.480 e. The van der Waals surface area contributed by atoms with Crippen LogP contribution in [0.25, 0.3) is 22.5 Å². The van der Waals surface area contributed by atoms with Crippen molar-refractivity contribution in [1.29, 1.82) is 0 Å². The van der Waals surface area contributed by atoms with E-state index in [0.29, 0.717) is 11.7 Å². The highest BCUT2D eigenvalue weighted by molar-refractivity contribution is 5.75. The van der Waals surface area contributed by atoms with Crippen LogP contribution >= 0.6 is 0 Å². The van der Waals surface area contributed by atoms with Crippen molar-refractivity contribution >= 4 is 5.82 Å². The summed E-state index contributed by atoms with van der Waals surface area (Å²) >= 11 is 0. The molecule has 0 fully saturated rings. The summed E-state index contributed by atoms with van der Waals surface area (Å²) in [6.45, 7) is 0. The van der Waals surface area contributed by atoms with Gasteiger partial charge in [-0.3, -0.25) is 0 Å². The van der Waals surface area contributed by atoms with Crippen LogP contribution in [0, 0.1) is 0 Å². The summed E-state index contributed by atoms with van der Waals surface area (Å²) in [7, 11) is 3.37. The number of hydrogen-bond donors (Lipinski definition) is 2. The van der Waals surface area contributed by atoms with E-state index < -0.39 is 0 Å². The number of nitrogens with one attached hydrogen (secondary N) is 2. The summed E-state index contributed by atoms with van der Waals surface area (Å²) in [6.07, 6.45) is 0. The van der Waals surface area contributed by atoms with Crippen LogP contribution < -0.4 is 10.1 Å². The number of nitrogens with zero attached hydrogens (tertiary/aromatic N) is 4. The maximum Gasteiger partial charge on any atom is 0.233 e. The van der Waals surface area contributed by atoms with Crippen molar-refractivity contribution in [3.8, 4) is 28.4 Å². The highest BCUT2D eigenvalue weighted by atomic mass is 16.5. The van der Waals surface area contributed by atoms with Crippen LogP contribution in [0.2, 0.25) is 0 Å². The molecule has 3 rings (SSSR count). The van der Waals surface area contributed by atoms with E-state index in [1.165, 1.54) is 0 Å². The molecule has 0 unspecified atom stereocenters. The predicted octanol–water partition coefficient (Wildman–Crippen LogP) is 1.98. The van der Waals surface area contributed by atoms with Crippen molar-refractivity contribution in [2.45, 2.75) is 0 Å². The van der Waals surface area contributed by atoms with E-state index >= 15 is 0 Å². The quantitative estimate of drug-likeness (QED) is 0.760. The smallest absolute Gasteiger partial charge is 0.233 e. The van der Waals surface area contributed by atoms with Crippen LogP contribution in [-0.2, 0) is 0 Å². The zero-order valence-electron chi connectivity index (χ0n) is 11.7. The molecule has 0 saturated carbocycles. The first-order chi connectivity index (χ1) is 10.3. The summed E-state index contributed by atoms with van der Waals surface area (Å²) in [5, 5.41) is 22.0. The lowest BCUT2D eigenvalue weighted by Crippen LogP contribution is -1.93. The standard InChI is InChI=1S/C14H14N6O/c1-15-14-13(18-20-19-14)10-5-3-4-9(8-10)11-6-7-12(21-2)17-16-11/h3-8H,1-2H3,(H2,15,18,19,20). The minimum absolute atomic E-state index is 0.490. The summed E-state index contributed by atoms with van der Waals surface area (Å²) in [5.41, 5.74) is 3.43. The molecule has 2 heterocycles. The first kappa shape index (κ1) is 13.0. The minimum Gasteiger partial charge on any atom is -0.480 e. The summed E-state index contributed by atoms with van der Waals surface area (Å²) < 4.78 is 5.01. The number of anilines is 1. The average molecular weight is 282 g/mol. The first-order valence-corrected chi connectivity index (χ1v) is 6.39. The molecule has 2 N–H and O–H groups in total. The molecule has 0 bridgehead atoms. The molecule has 7 heteroatoms. The molecule has 21 heavy (non-hydrogen) atoms. The van der Waals surface area contributed by atoms with Crippen molar-refractivity contribution in [2.24, 2.45) is 0 Å². The van der Waals surface area contributed by atoms with Crippen LogP contribution in [0.4, 0.5) is 5.82 Å². The number of hydrogen-bond acceptors (Lipinski definition) is 6. The molecule has 3 aromatic rings. The van der Waals surface area contributed by atoms with Crippen LogP contribution in [0.15, 0.2) is 36.4 Å². The molecule has 106 valence electrons. The van der Waals surface area contributed by atoms with Crippen molar-refractivity contribution < 1.29 is 4.74 Å². The molecule has 0 aliphatic heterocycles. The number of benzene rings is 1. The van der Waals surface area contributed by atoms with E-state index in [9.17, 15) is 0 Å². The van der Waals surface area contributed by atoms with Gasteiger partial charge in [0.05, 0.1) is 12.8 Å². The Morgan fingerprint density at radius 3 is 2.62 bits per heavy atom. The van der Waals surface area contributed by atoms with E-state index in [4.69, 9.17) is 4.74 Å². The highest BCUT2D eigenvalue weighted by Gasteiger charge is 2.10. The average Bonchev–Trinajstić information content (AvgIpc) is 3.04. The molecular weight excluding hydrogens is 268 g/mol. The van der Waals surface area contributed by atoms with Crippen LogP contribution in [0.1, 0.15) is 0 Å². The van der Waals surface area contributed by atoms with Crippen molar-refractivity contribution in [1.82, 2.24) is 25.6 Å². The number of aromatic nitrogens is 5. The third-order valence-electron chi connectivity index (χ3n) is 3.07. The number of H-pyrrole nitrogens is 1. The van der Waals surface area contributed by atoms with Gasteiger partial charge in [-0.25, -0.2) is 0 Å². The lowest BCUT2D eigenvalue weighted by Gasteiger charge is -2.04. The summed E-state index contributed by atoms with van der Waals surface area (Å²) in [4.78, 5) is 0. The Kier molecular flexibility index (Phi) is 3.46. The molecule has 0 saturated heterocycles. The van der Waals surface area contributed by atoms with Crippen molar-refractivity contribution in [3.63, 3.8) is 0 Å². The Balaban J connectivity index is 1.99. The van der Waals surface area contributed by atoms with Gasteiger partial charge in [-0.2, -0.15) is 10.3 Å². The molecule has 0 amide bonds. The van der Waals surface area contributed by atoms with Gasteiger partial charge in [0.2, 0.25) is 5.88 Å². The Bertz CT molecular complexity index is 737. The van der Waals surface area contributed by atoms with E-state index in [1.807, 2.05) is 30.3 Å². The molecular formula is C14H14N6O. The van der Waals surface area contributed by atoms with E-state index in [1.54, 1.807) is 20.2 Å². The predicted molar refractivity (Wildman–Crippen MR) is 78.9 cm³/mol. The normalized spacial score (nSPS) is 10.4. The van der Waals surface area contributed by atoms with Gasteiger partial charge in [-0.15, -0.1) is 15.3 Å². The van der Waals surface area contributed by atoms with Crippen LogP contribution in [0.3, 0.4) is 0 Å². The maximum absolute atomic E-state index is 5.01. The molecule has 7 nitrogen and oxygen atoms in total. The number of ether oxygens (including phenoxy) is 1. The number of rotatable bonds is 4. The van der Waals surface area contributed by atoms with E-state index in [0.717, 1.165) is 22.5 Å². The van der Waals surface area contributed by atoms with Crippen LogP contribution in [0.5, 0.6) is 5.88 Å². The van der Waals surface area contributed by atoms with E-state index in [2.05, 4.69) is 30.9 Å². The fourth-order valence-electron chi connectivity index (χ4n) is 2.02. The topological polar surface area (TPSA) is 88.6 Å². The summed E-state index contributed by atoms with van der Waals surface area (Å²) in [6, 6.07) is 11.5. The third-order valence-corrected chi connectivity index (χ3v) is 3.07. The molecule has 2 aromatic heterocycles. The first-order valence-electron chi connectivity index (χ1n) is 6.39. The van der Waals surface area contributed by atoms with Gasteiger partial charge in [-0.1, -0.05) is 18.2 Å². The molecule has 0 aliphatic carbocycles. The Hall–Kier alpha value is -2.96. The zero-order chi connectivity index (χ0) is 14.7. The highest BCUT2D eigenvalue weighted by Crippen LogP contribution is 2.27. The van der Waals surface area contributed by atoms with Gasteiger partial charge >= 0.3 is 0 Å². The van der Waals surface area contributed by atoms with Gasteiger partial charge in [0.25, 0.3) is 0 Å². The third kappa shape index (κ3) is 2.53. The molecule has 0 atom stereocenters.